The Morgan fingerprint density at radius 2 is 1.48 bits per heavy atom. The number of esters is 1. The molecule has 5 aliphatic carbocycles. The summed E-state index contributed by atoms with van der Waals surface area (Å²) in [6, 6.07) is 7.55. The molecule has 2 heteroatoms. The first kappa shape index (κ1) is 18.0. The van der Waals surface area contributed by atoms with Gasteiger partial charge in [-0.15, -0.1) is 6.58 Å². The number of carbonyl (C=O) groups is 1. The minimum absolute atomic E-state index is 0.196. The molecule has 0 amide bonds. The highest BCUT2D eigenvalue weighted by atomic mass is 16.5. The molecule has 0 N–H and O–H groups in total. The van der Waals surface area contributed by atoms with E-state index in [1.165, 1.54) is 32.1 Å². The van der Waals surface area contributed by atoms with Gasteiger partial charge in [-0.25, -0.2) is 4.79 Å². The van der Waals surface area contributed by atoms with Gasteiger partial charge in [0.25, 0.3) is 0 Å². The van der Waals surface area contributed by atoms with Gasteiger partial charge >= 0.3 is 5.97 Å². The van der Waals surface area contributed by atoms with Crippen LogP contribution in [0.2, 0.25) is 0 Å². The van der Waals surface area contributed by atoms with Gasteiger partial charge in [0.15, 0.2) is 0 Å². The number of ether oxygens (including phenoxy) is 1. The van der Waals surface area contributed by atoms with Gasteiger partial charge in [0.05, 0.1) is 12.2 Å². The minimum atomic E-state index is -0.196. The van der Waals surface area contributed by atoms with Crippen LogP contribution in [0, 0.1) is 59.2 Å². The topological polar surface area (TPSA) is 26.3 Å². The van der Waals surface area contributed by atoms with E-state index in [4.69, 9.17) is 4.74 Å². The molecule has 2 nitrogen and oxygen atoms in total. The van der Waals surface area contributed by atoms with Crippen molar-refractivity contribution in [3.05, 3.63) is 54.6 Å². The second-order valence-electron chi connectivity index (χ2n) is 10.5. The maximum atomic E-state index is 12.4. The molecule has 0 unspecified atom stereocenters. The van der Waals surface area contributed by atoms with E-state index in [1.54, 1.807) is 6.08 Å². The van der Waals surface area contributed by atoms with E-state index in [0.717, 1.165) is 58.8 Å². The van der Waals surface area contributed by atoms with Crippen molar-refractivity contribution in [2.75, 3.05) is 6.61 Å². The van der Waals surface area contributed by atoms with E-state index in [0.29, 0.717) is 18.1 Å². The number of hydrogen-bond donors (Lipinski definition) is 0. The van der Waals surface area contributed by atoms with E-state index in [2.05, 4.69) is 19.2 Å². The van der Waals surface area contributed by atoms with Gasteiger partial charge in [0.2, 0.25) is 0 Å². The second kappa shape index (κ2) is 6.59. The van der Waals surface area contributed by atoms with Gasteiger partial charge in [-0.2, -0.15) is 0 Å². The third-order valence-electron chi connectivity index (χ3n) is 8.87. The van der Waals surface area contributed by atoms with Gasteiger partial charge in [-0.05, 0) is 103 Å². The van der Waals surface area contributed by atoms with E-state index in [9.17, 15) is 4.79 Å². The Morgan fingerprint density at radius 1 is 0.862 bits per heavy atom. The van der Waals surface area contributed by atoms with Crippen LogP contribution >= 0.6 is 0 Å². The molecular weight excluding hydrogens is 356 g/mol. The number of allylic oxidation sites excluding steroid dienone is 1. The lowest BCUT2D eigenvalue weighted by Crippen LogP contribution is -2.10. The van der Waals surface area contributed by atoms with Gasteiger partial charge in [0.1, 0.15) is 0 Å². The fraction of sp³-hybridized carbons (Fsp3) is 0.593. The third-order valence-corrected chi connectivity index (χ3v) is 8.87. The van der Waals surface area contributed by atoms with Crippen LogP contribution in [0.4, 0.5) is 0 Å². The molecule has 0 aliphatic heterocycles. The average molecular weight is 389 g/mol. The molecule has 0 spiro atoms. The summed E-state index contributed by atoms with van der Waals surface area (Å²) in [5, 5.41) is 0. The maximum absolute atomic E-state index is 12.4. The fourth-order valence-electron chi connectivity index (χ4n) is 6.77. The molecule has 0 saturated heterocycles. The number of carbonyl (C=O) groups excluding carboxylic acids is 1. The number of rotatable bonds is 9. The second-order valence-corrected chi connectivity index (χ2v) is 10.5. The zero-order valence-corrected chi connectivity index (χ0v) is 17.2. The van der Waals surface area contributed by atoms with Gasteiger partial charge in [0, 0.05) is 0 Å². The van der Waals surface area contributed by atoms with Crippen LogP contribution in [0.15, 0.2) is 43.5 Å². The molecule has 1 aromatic rings. The molecule has 6 rings (SSSR count). The maximum Gasteiger partial charge on any atom is 0.338 e. The summed E-state index contributed by atoms with van der Waals surface area (Å²) in [4.78, 5) is 12.4. The van der Waals surface area contributed by atoms with Crippen molar-refractivity contribution in [1.29, 1.82) is 0 Å². The Morgan fingerprint density at radius 3 is 2.10 bits per heavy atom. The van der Waals surface area contributed by atoms with Crippen LogP contribution < -0.4 is 0 Å². The molecule has 5 fully saturated rings. The Bertz CT molecular complexity index is 856. The quantitative estimate of drug-likeness (QED) is 0.392. The zero-order chi connectivity index (χ0) is 19.7. The summed E-state index contributed by atoms with van der Waals surface area (Å²) in [5.41, 5.74) is 1.49. The van der Waals surface area contributed by atoms with E-state index < -0.39 is 0 Å². The summed E-state index contributed by atoms with van der Waals surface area (Å²) in [7, 11) is 0. The van der Waals surface area contributed by atoms with Gasteiger partial charge in [-0.1, -0.05) is 36.9 Å². The fourth-order valence-corrected chi connectivity index (χ4v) is 6.77. The van der Waals surface area contributed by atoms with Gasteiger partial charge in [-0.3, -0.25) is 0 Å². The number of hydrogen-bond acceptors (Lipinski definition) is 2. The Labute approximate surface area is 174 Å². The van der Waals surface area contributed by atoms with Crippen molar-refractivity contribution < 1.29 is 9.53 Å². The van der Waals surface area contributed by atoms with Crippen LogP contribution in [0.5, 0.6) is 0 Å². The van der Waals surface area contributed by atoms with E-state index in [1.807, 2.05) is 24.3 Å². The Kier molecular flexibility index (Phi) is 4.08. The first-order chi connectivity index (χ1) is 14.2. The van der Waals surface area contributed by atoms with Crippen LogP contribution in [-0.2, 0) is 4.74 Å². The molecule has 5 aliphatic rings. The third kappa shape index (κ3) is 3.29. The molecule has 152 valence electrons. The van der Waals surface area contributed by atoms with Crippen molar-refractivity contribution in [1.82, 2.24) is 0 Å². The summed E-state index contributed by atoms with van der Waals surface area (Å²) < 4.78 is 5.66. The molecule has 0 bridgehead atoms. The highest BCUT2D eigenvalue weighted by Crippen LogP contribution is 2.72. The van der Waals surface area contributed by atoms with Crippen molar-refractivity contribution in [2.45, 2.75) is 32.1 Å². The predicted octanol–water partition coefficient (Wildman–Crippen LogP) is 5.85. The SMILES string of the molecule is C=Cc1ccccc1C(=O)OC[C@@H]1C[C@H]1[C@@H]1C[C@H]1[C@@H]1C[C@H]1[C@@H]1C[C@H]1[C@@H]1C[C@H]1C=C. The summed E-state index contributed by atoms with van der Waals surface area (Å²) >= 11 is 0. The molecule has 0 heterocycles. The van der Waals surface area contributed by atoms with Crippen LogP contribution in [-0.4, -0.2) is 12.6 Å². The Hall–Kier alpha value is -1.83. The first-order valence-electron chi connectivity index (χ1n) is 11.7. The highest BCUT2D eigenvalue weighted by Gasteiger charge is 2.65. The monoisotopic (exact) mass is 388 g/mol. The molecular formula is C27H32O2. The average Bonchev–Trinajstić information content (AvgIpc) is 3.57. The molecule has 5 saturated carbocycles. The largest absolute Gasteiger partial charge is 0.462 e. The molecule has 0 aromatic heterocycles. The molecule has 1 aromatic carbocycles. The lowest BCUT2D eigenvalue weighted by molar-refractivity contribution is 0.0478. The Balaban J connectivity index is 0.940. The minimum Gasteiger partial charge on any atom is -0.462 e. The van der Waals surface area contributed by atoms with Crippen molar-refractivity contribution in [3.8, 4) is 0 Å². The van der Waals surface area contributed by atoms with Gasteiger partial charge < -0.3 is 4.74 Å². The van der Waals surface area contributed by atoms with Crippen LogP contribution in [0.1, 0.15) is 48.0 Å². The van der Waals surface area contributed by atoms with Crippen molar-refractivity contribution >= 4 is 12.0 Å². The van der Waals surface area contributed by atoms with E-state index in [-0.39, 0.29) is 5.97 Å². The zero-order valence-electron chi connectivity index (χ0n) is 17.2. The predicted molar refractivity (Wildman–Crippen MR) is 115 cm³/mol. The summed E-state index contributed by atoms with van der Waals surface area (Å²) in [6.45, 7) is 8.37. The lowest BCUT2D eigenvalue weighted by Gasteiger charge is -2.07. The van der Waals surface area contributed by atoms with Crippen LogP contribution in [0.3, 0.4) is 0 Å². The number of benzene rings is 1. The summed E-state index contributed by atoms with van der Waals surface area (Å²) in [5.74, 6) is 9.25. The molecule has 29 heavy (non-hydrogen) atoms. The molecule has 0 radical (unpaired) electrons. The van der Waals surface area contributed by atoms with E-state index >= 15 is 0 Å². The standard InChI is InChI=1S/C27H32O2/c1-3-15-7-5-6-8-18(15)27(28)29-14-17-10-20(17)22-12-24(22)26-13-25(26)23-11-21(23)19-9-16(19)4-2/h3-8,16-17,19-26H,1-2,9-14H2/t16-,17+,19-,20-,21+,22+,23-,24-,25+,26+/m1/s1. The summed E-state index contributed by atoms with van der Waals surface area (Å²) in [6.07, 6.45) is 11.1. The first-order valence-corrected chi connectivity index (χ1v) is 11.7. The van der Waals surface area contributed by atoms with Crippen molar-refractivity contribution in [3.63, 3.8) is 0 Å². The normalized spacial score (nSPS) is 45.8. The smallest absolute Gasteiger partial charge is 0.338 e. The lowest BCUT2D eigenvalue weighted by atomic mass is 10.1. The van der Waals surface area contributed by atoms with Crippen LogP contribution in [0.25, 0.3) is 6.08 Å². The van der Waals surface area contributed by atoms with Crippen molar-refractivity contribution in [2.24, 2.45) is 59.2 Å². The highest BCUT2D eigenvalue weighted by molar-refractivity contribution is 5.93. The molecule has 10 atom stereocenters.